The molecule has 3 aromatic rings. The molecule has 0 radical (unpaired) electrons. The molecule has 1 fully saturated rings. The molecule has 1 aliphatic heterocycles. The molecule has 0 bridgehead atoms. The molecule has 0 spiro atoms. The van der Waals surface area contributed by atoms with E-state index in [1.54, 1.807) is 37.3 Å². The number of methoxy groups -OCH3 is 1. The van der Waals surface area contributed by atoms with E-state index < -0.39 is 17.8 Å². The lowest BCUT2D eigenvalue weighted by Gasteiger charge is -2.27. The van der Waals surface area contributed by atoms with E-state index in [2.05, 4.69) is 10.6 Å². The lowest BCUT2D eigenvalue weighted by molar-refractivity contribution is -0.122. The van der Waals surface area contributed by atoms with Crippen LogP contribution in [0.2, 0.25) is 5.02 Å². The maximum absolute atomic E-state index is 13.3. The maximum atomic E-state index is 13.3. The predicted octanol–water partition coefficient (Wildman–Crippen LogP) is 5.56. The van der Waals surface area contributed by atoms with Gasteiger partial charge in [-0.2, -0.15) is 0 Å². The Morgan fingerprint density at radius 2 is 1.85 bits per heavy atom. The zero-order valence-corrected chi connectivity index (χ0v) is 25.0. The summed E-state index contributed by atoms with van der Waals surface area (Å²) in [5.74, 6) is -1.35. The normalized spacial score (nSPS) is 14.3. The molecule has 0 aromatic heterocycles. The minimum absolute atomic E-state index is 0.252. The topological polar surface area (TPSA) is 114 Å². The van der Waals surface area contributed by atoms with E-state index in [0.717, 1.165) is 16.0 Å². The van der Waals surface area contributed by atoms with Crippen molar-refractivity contribution in [3.8, 4) is 11.5 Å². The third-order valence-electron chi connectivity index (χ3n) is 6.15. The van der Waals surface area contributed by atoms with Crippen LogP contribution in [0.3, 0.4) is 0 Å². The first kappa shape index (κ1) is 29.1. The summed E-state index contributed by atoms with van der Waals surface area (Å²) >= 11 is 8.20. The first-order chi connectivity index (χ1) is 19.0. The molecule has 3 aromatic carbocycles. The van der Waals surface area contributed by atoms with Gasteiger partial charge in [0.1, 0.15) is 5.57 Å². The molecule has 0 unspecified atom stereocenters. The average molecular weight is 674 g/mol. The molecule has 206 valence electrons. The van der Waals surface area contributed by atoms with Gasteiger partial charge in [0.25, 0.3) is 17.7 Å². The Balaban J connectivity index is 1.57. The molecule has 1 aliphatic rings. The zero-order valence-electron chi connectivity index (χ0n) is 22.1. The minimum atomic E-state index is -0.868. The maximum Gasteiger partial charge on any atom is 0.335 e. The van der Waals surface area contributed by atoms with E-state index >= 15 is 0 Å². The van der Waals surface area contributed by atoms with Crippen LogP contribution in [0.15, 0.2) is 54.1 Å². The van der Waals surface area contributed by atoms with Gasteiger partial charge in [-0.25, -0.2) is 9.69 Å². The number of anilines is 2. The van der Waals surface area contributed by atoms with Crippen LogP contribution < -0.4 is 25.0 Å². The van der Waals surface area contributed by atoms with Crippen molar-refractivity contribution in [2.24, 2.45) is 0 Å². The summed E-state index contributed by atoms with van der Waals surface area (Å²) in [6.07, 6.45) is 1.36. The van der Waals surface area contributed by atoms with Crippen LogP contribution in [-0.4, -0.2) is 37.5 Å². The number of hydrogen-bond donors (Lipinski definition) is 2. The highest BCUT2D eigenvalue weighted by Crippen LogP contribution is 2.35. The number of aryl methyl sites for hydroxylation is 2. The fraction of sp³-hybridized carbons (Fsp3) is 0.172. The van der Waals surface area contributed by atoms with Crippen molar-refractivity contribution in [1.82, 2.24) is 5.32 Å². The summed E-state index contributed by atoms with van der Waals surface area (Å²) in [6, 6.07) is 12.9. The van der Waals surface area contributed by atoms with Gasteiger partial charge < -0.3 is 14.8 Å². The van der Waals surface area contributed by atoms with Gasteiger partial charge >= 0.3 is 6.03 Å². The number of nitrogens with zero attached hydrogens (tertiary/aromatic N) is 1. The molecule has 9 nitrogen and oxygen atoms in total. The van der Waals surface area contributed by atoms with Crippen LogP contribution in [0.5, 0.6) is 11.5 Å². The standard InChI is InChI=1S/C29H25ClIN3O6/c1-15-8-9-22(16(2)10-15)32-25(35)14-40-26-21(31)12-18(13-24(26)39-4)11-19-27(36)33-29(38)34(28(19)37)23-7-5-6-20(30)17(23)3/h5-13H,14H2,1-4H3,(H,32,35)(H,33,36,38)/b19-11-. The fourth-order valence-electron chi connectivity index (χ4n) is 4.12. The minimum Gasteiger partial charge on any atom is -0.493 e. The SMILES string of the molecule is COc1cc(/C=C2/C(=O)NC(=O)N(c3cccc(Cl)c3C)C2=O)cc(I)c1OCC(=O)Nc1ccc(C)cc1C. The van der Waals surface area contributed by atoms with E-state index in [1.165, 1.54) is 13.2 Å². The van der Waals surface area contributed by atoms with Crippen LogP contribution in [-0.2, 0) is 14.4 Å². The molecule has 4 rings (SSSR count). The van der Waals surface area contributed by atoms with E-state index in [1.807, 2.05) is 54.6 Å². The largest absolute Gasteiger partial charge is 0.493 e. The molecule has 40 heavy (non-hydrogen) atoms. The van der Waals surface area contributed by atoms with Crippen molar-refractivity contribution >= 4 is 75.4 Å². The average Bonchev–Trinajstić information content (AvgIpc) is 2.89. The third kappa shape index (κ3) is 6.13. The number of nitrogens with one attached hydrogen (secondary N) is 2. The summed E-state index contributed by atoms with van der Waals surface area (Å²) in [5.41, 5.74) is 3.70. The summed E-state index contributed by atoms with van der Waals surface area (Å²) in [5, 5.41) is 5.41. The fourth-order valence-corrected chi connectivity index (χ4v) is 5.07. The van der Waals surface area contributed by atoms with Gasteiger partial charge in [-0.1, -0.05) is 35.4 Å². The highest BCUT2D eigenvalue weighted by molar-refractivity contribution is 14.1. The van der Waals surface area contributed by atoms with Gasteiger partial charge in [-0.3, -0.25) is 19.7 Å². The number of barbiturate groups is 1. The molecule has 1 saturated heterocycles. The highest BCUT2D eigenvalue weighted by atomic mass is 127. The van der Waals surface area contributed by atoms with E-state index in [-0.39, 0.29) is 23.8 Å². The second-order valence-corrected chi connectivity index (χ2v) is 10.6. The number of hydrogen-bond acceptors (Lipinski definition) is 6. The summed E-state index contributed by atoms with van der Waals surface area (Å²) < 4.78 is 11.8. The molecule has 1 heterocycles. The number of imide groups is 2. The number of carbonyl (C=O) groups excluding carboxylic acids is 4. The summed E-state index contributed by atoms with van der Waals surface area (Å²) in [4.78, 5) is 52.0. The smallest absolute Gasteiger partial charge is 0.335 e. The molecule has 0 saturated carbocycles. The van der Waals surface area contributed by atoms with E-state index in [4.69, 9.17) is 21.1 Å². The number of urea groups is 1. The Bertz CT molecular complexity index is 1590. The highest BCUT2D eigenvalue weighted by Gasteiger charge is 2.37. The number of carbonyl (C=O) groups is 4. The van der Waals surface area contributed by atoms with Crippen LogP contribution in [0.25, 0.3) is 6.08 Å². The Kier molecular flexibility index (Phi) is 8.79. The summed E-state index contributed by atoms with van der Waals surface area (Å²) in [6.45, 7) is 5.29. The molecule has 0 atom stereocenters. The second kappa shape index (κ2) is 12.1. The van der Waals surface area contributed by atoms with Crippen LogP contribution in [0.1, 0.15) is 22.3 Å². The lowest BCUT2D eigenvalue weighted by Crippen LogP contribution is -2.54. The number of halogens is 2. The van der Waals surface area contributed by atoms with Crippen molar-refractivity contribution in [1.29, 1.82) is 0 Å². The first-order valence-electron chi connectivity index (χ1n) is 12.0. The summed E-state index contributed by atoms with van der Waals surface area (Å²) in [7, 11) is 1.44. The van der Waals surface area contributed by atoms with Crippen LogP contribution in [0, 0.1) is 24.3 Å². The molecule has 5 amide bonds. The van der Waals surface area contributed by atoms with Gasteiger partial charge in [-0.05, 0) is 96.5 Å². The Labute approximate surface area is 249 Å². The number of rotatable bonds is 7. The third-order valence-corrected chi connectivity index (χ3v) is 7.36. The first-order valence-corrected chi connectivity index (χ1v) is 13.5. The Hall–Kier alpha value is -3.90. The predicted molar refractivity (Wildman–Crippen MR) is 161 cm³/mol. The Morgan fingerprint density at radius 1 is 1.10 bits per heavy atom. The molecular formula is C29H25ClIN3O6. The quantitative estimate of drug-likeness (QED) is 0.193. The molecule has 11 heteroatoms. The molecule has 0 aliphatic carbocycles. The van der Waals surface area contributed by atoms with Gasteiger partial charge in [0.2, 0.25) is 0 Å². The van der Waals surface area contributed by atoms with Crippen molar-refractivity contribution in [3.63, 3.8) is 0 Å². The van der Waals surface area contributed by atoms with Crippen molar-refractivity contribution in [2.45, 2.75) is 20.8 Å². The van der Waals surface area contributed by atoms with E-state index in [9.17, 15) is 19.2 Å². The van der Waals surface area contributed by atoms with Crippen molar-refractivity contribution in [3.05, 3.63) is 85.0 Å². The number of ether oxygens (including phenoxy) is 2. The van der Waals surface area contributed by atoms with Crippen molar-refractivity contribution in [2.75, 3.05) is 23.9 Å². The molecule has 2 N–H and O–H groups in total. The Morgan fingerprint density at radius 3 is 2.55 bits per heavy atom. The monoisotopic (exact) mass is 673 g/mol. The van der Waals surface area contributed by atoms with Gasteiger partial charge in [-0.15, -0.1) is 0 Å². The van der Waals surface area contributed by atoms with Crippen LogP contribution >= 0.6 is 34.2 Å². The zero-order chi connectivity index (χ0) is 29.1. The van der Waals surface area contributed by atoms with Gasteiger partial charge in [0, 0.05) is 10.7 Å². The van der Waals surface area contributed by atoms with E-state index in [0.29, 0.717) is 36.9 Å². The van der Waals surface area contributed by atoms with Gasteiger partial charge in [0.15, 0.2) is 18.1 Å². The number of benzene rings is 3. The van der Waals surface area contributed by atoms with Crippen LogP contribution in [0.4, 0.5) is 16.2 Å². The lowest BCUT2D eigenvalue weighted by atomic mass is 10.1. The second-order valence-electron chi connectivity index (χ2n) is 9.03. The molecular weight excluding hydrogens is 649 g/mol. The van der Waals surface area contributed by atoms with Crippen molar-refractivity contribution < 1.29 is 28.7 Å². The number of amides is 5. The van der Waals surface area contributed by atoms with Gasteiger partial charge in [0.05, 0.1) is 16.4 Å².